The van der Waals surface area contributed by atoms with E-state index in [1.165, 1.54) is 21.6 Å². The first-order valence-corrected chi connectivity index (χ1v) is 26.4. The maximum Gasteiger partial charge on any atom is 0.246 e. The van der Waals surface area contributed by atoms with E-state index in [1.54, 1.807) is 11.3 Å². The molecule has 3 N–H and O–H groups in total. The number of carbonyl (C=O) groups excluding carboxylic acids is 3. The molecule has 13 heteroatoms. The van der Waals surface area contributed by atoms with Crippen LogP contribution in [0.1, 0.15) is 93.7 Å². The molecule has 1 aromatic heterocycles. The van der Waals surface area contributed by atoms with Gasteiger partial charge in [0.15, 0.2) is 0 Å². The van der Waals surface area contributed by atoms with Crippen LogP contribution in [0.15, 0.2) is 115 Å². The largest absolute Gasteiger partial charge is 0.492 e. The first-order chi connectivity index (χ1) is 33.9. The SMILES string of the molecule is Cc1ncsc1-c1ccc(CNC(=O)[C@@H]2C[C@@H](O)CN2C(=O)[C@@H](NC(=O)CCCCCCN2CCN(CCOc3ccc(/C(=C(/CCCl)c4ccccc4)c4ccccc4)cc3)CC2)C(C)(C)C)cc1. The molecule has 2 aliphatic rings. The van der Waals surface area contributed by atoms with Gasteiger partial charge in [0.2, 0.25) is 17.7 Å². The Hall–Kier alpha value is -5.37. The second-order valence-electron chi connectivity index (χ2n) is 19.7. The van der Waals surface area contributed by atoms with Crippen molar-refractivity contribution >= 4 is 51.8 Å². The van der Waals surface area contributed by atoms with Gasteiger partial charge in [0.05, 0.1) is 22.2 Å². The van der Waals surface area contributed by atoms with Crippen LogP contribution in [0.3, 0.4) is 0 Å². The number of piperazine rings is 1. The van der Waals surface area contributed by atoms with Gasteiger partial charge >= 0.3 is 0 Å². The number of alkyl halides is 1. The number of thiazole rings is 1. The highest BCUT2D eigenvalue weighted by Crippen LogP contribution is 2.36. The molecule has 0 saturated carbocycles. The second kappa shape index (κ2) is 25.7. The zero-order valence-electron chi connectivity index (χ0n) is 41.4. The molecule has 372 valence electrons. The summed E-state index contributed by atoms with van der Waals surface area (Å²) >= 11 is 7.94. The number of unbranched alkanes of at least 4 members (excludes halogenated alkanes) is 3. The lowest BCUT2D eigenvalue weighted by Crippen LogP contribution is -2.57. The van der Waals surface area contributed by atoms with Crippen molar-refractivity contribution in [3.63, 3.8) is 0 Å². The topological polar surface area (TPSA) is 127 Å². The molecule has 0 unspecified atom stereocenters. The van der Waals surface area contributed by atoms with Crippen LogP contribution >= 0.6 is 22.9 Å². The van der Waals surface area contributed by atoms with Gasteiger partial charge in [-0.1, -0.05) is 131 Å². The molecule has 2 saturated heterocycles. The Morgan fingerprint density at radius 2 is 1.43 bits per heavy atom. The molecule has 5 aromatic rings. The molecule has 3 atom stereocenters. The lowest BCUT2D eigenvalue weighted by molar-refractivity contribution is -0.144. The predicted molar refractivity (Wildman–Crippen MR) is 284 cm³/mol. The Kier molecular flexibility index (Phi) is 19.2. The molecule has 0 bridgehead atoms. The Bertz CT molecular complexity index is 2470. The lowest BCUT2D eigenvalue weighted by Gasteiger charge is -2.35. The summed E-state index contributed by atoms with van der Waals surface area (Å²) in [5.41, 5.74) is 10.1. The van der Waals surface area contributed by atoms with E-state index in [2.05, 4.69) is 98.2 Å². The van der Waals surface area contributed by atoms with Crippen LogP contribution in [0.25, 0.3) is 21.6 Å². The molecule has 70 heavy (non-hydrogen) atoms. The maximum absolute atomic E-state index is 14.1. The molecule has 11 nitrogen and oxygen atoms in total. The van der Waals surface area contributed by atoms with Crippen molar-refractivity contribution in [2.45, 2.75) is 97.4 Å². The number of nitrogens with zero attached hydrogens (tertiary/aromatic N) is 4. The number of nitrogens with one attached hydrogen (secondary N) is 2. The first-order valence-electron chi connectivity index (χ1n) is 25.0. The van der Waals surface area contributed by atoms with Crippen molar-refractivity contribution in [3.05, 3.63) is 143 Å². The van der Waals surface area contributed by atoms with E-state index in [9.17, 15) is 19.5 Å². The Balaban J connectivity index is 0.786. The summed E-state index contributed by atoms with van der Waals surface area (Å²) in [5.74, 6) is 0.565. The fraction of sp³-hybridized carbons (Fsp3) is 0.439. The van der Waals surface area contributed by atoms with Gasteiger partial charge in [-0.15, -0.1) is 22.9 Å². The van der Waals surface area contributed by atoms with Crippen molar-refractivity contribution in [1.82, 2.24) is 30.3 Å². The van der Waals surface area contributed by atoms with Crippen molar-refractivity contribution in [2.24, 2.45) is 5.41 Å². The summed E-state index contributed by atoms with van der Waals surface area (Å²) in [6, 6.07) is 35.8. The van der Waals surface area contributed by atoms with Gasteiger partial charge in [0.25, 0.3) is 0 Å². The predicted octanol–water partition coefficient (Wildman–Crippen LogP) is 9.46. The van der Waals surface area contributed by atoms with Gasteiger partial charge < -0.3 is 30.3 Å². The molecule has 3 amide bonds. The number of aromatic nitrogens is 1. The highest BCUT2D eigenvalue weighted by atomic mass is 35.5. The highest BCUT2D eigenvalue weighted by molar-refractivity contribution is 7.13. The van der Waals surface area contributed by atoms with E-state index in [0.29, 0.717) is 25.5 Å². The van der Waals surface area contributed by atoms with Crippen LogP contribution in [0, 0.1) is 12.3 Å². The number of β-amino-alcohol motifs (C(OH)–C–C–N with tert-alkyl or cyclic N) is 1. The van der Waals surface area contributed by atoms with E-state index in [4.69, 9.17) is 16.3 Å². The summed E-state index contributed by atoms with van der Waals surface area (Å²) in [5, 5.41) is 16.6. The number of aliphatic hydroxyl groups excluding tert-OH is 1. The van der Waals surface area contributed by atoms with Crippen molar-refractivity contribution in [3.8, 4) is 16.2 Å². The number of rotatable bonds is 22. The van der Waals surface area contributed by atoms with Gasteiger partial charge in [-0.3, -0.25) is 19.3 Å². The third-order valence-corrected chi connectivity index (χ3v) is 14.6. The molecule has 4 aromatic carbocycles. The Morgan fingerprint density at radius 1 is 0.800 bits per heavy atom. The first kappa shape index (κ1) is 52.5. The van der Waals surface area contributed by atoms with E-state index in [0.717, 1.165) is 110 Å². The zero-order chi connectivity index (χ0) is 49.5. The third-order valence-electron chi connectivity index (χ3n) is 13.5. The third kappa shape index (κ3) is 14.6. The molecule has 0 aliphatic carbocycles. The smallest absolute Gasteiger partial charge is 0.246 e. The van der Waals surface area contributed by atoms with Gasteiger partial charge in [-0.2, -0.15) is 0 Å². The quantitative estimate of drug-likeness (QED) is 0.0356. The average molecular weight is 988 g/mol. The van der Waals surface area contributed by atoms with Gasteiger partial charge in [0.1, 0.15) is 24.4 Å². The number of carbonyl (C=O) groups is 3. The molecule has 2 aliphatic heterocycles. The zero-order valence-corrected chi connectivity index (χ0v) is 43.0. The standard InChI is InChI=1S/C57H71ClN6O5S/c1-41-53(70-40-60-41)46-22-20-42(21-23-46)38-59-55(67)50-37-47(65)39-64(50)56(68)54(57(2,3)4)61-51(66)19-13-5-6-14-30-62-31-33-63(34-32-62)35-36-69-48-26-24-45(25-27-48)52(44-17-11-8-12-18-44)49(28-29-58)43-15-9-7-10-16-43/h7-12,15-18,20-27,40,47,50,54,65H,5-6,13-14,19,28-39H2,1-4H3,(H,59,67)(H,61,66)/b52-49-/t47-,50+,54-/m1/s1. The van der Waals surface area contributed by atoms with Gasteiger partial charge in [0, 0.05) is 64.5 Å². The van der Waals surface area contributed by atoms with Crippen LogP contribution < -0.4 is 15.4 Å². The minimum absolute atomic E-state index is 0.0450. The normalized spacial score (nSPS) is 17.5. The van der Waals surface area contributed by atoms with Crippen molar-refractivity contribution in [2.75, 3.05) is 58.3 Å². The molecular formula is C57H71ClN6O5S. The van der Waals surface area contributed by atoms with Crippen LogP contribution in [0.4, 0.5) is 0 Å². The van der Waals surface area contributed by atoms with Crippen LogP contribution in [0.2, 0.25) is 0 Å². The molecule has 0 spiro atoms. The molecular weight excluding hydrogens is 916 g/mol. The minimum atomic E-state index is -0.836. The fourth-order valence-corrected chi connectivity index (χ4v) is 10.5. The van der Waals surface area contributed by atoms with E-state index >= 15 is 0 Å². The number of aliphatic hydroxyl groups is 1. The number of hydrogen-bond donors (Lipinski definition) is 3. The molecule has 3 heterocycles. The van der Waals surface area contributed by atoms with Crippen molar-refractivity contribution < 1.29 is 24.2 Å². The van der Waals surface area contributed by atoms with Crippen LogP contribution in [-0.4, -0.2) is 119 Å². The molecule has 0 radical (unpaired) electrons. The molecule has 2 fully saturated rings. The average Bonchev–Trinajstić information content (AvgIpc) is 3.99. The number of aryl methyl sites for hydroxylation is 1. The number of likely N-dealkylation sites (tertiary alicyclic amines) is 1. The monoisotopic (exact) mass is 986 g/mol. The fourth-order valence-electron chi connectivity index (χ4n) is 9.50. The molecule has 7 rings (SSSR count). The second-order valence-corrected chi connectivity index (χ2v) is 20.9. The van der Waals surface area contributed by atoms with Gasteiger partial charge in [-0.05, 0) is 89.2 Å². The number of halogens is 1. The number of benzene rings is 4. The van der Waals surface area contributed by atoms with Crippen LogP contribution in [0.5, 0.6) is 5.75 Å². The number of amides is 3. The summed E-state index contributed by atoms with van der Waals surface area (Å²) < 4.78 is 6.25. The Labute approximate surface area is 424 Å². The number of allylic oxidation sites excluding steroid dienone is 1. The van der Waals surface area contributed by atoms with Crippen LogP contribution in [-0.2, 0) is 20.9 Å². The van der Waals surface area contributed by atoms with E-state index in [1.807, 2.05) is 69.6 Å². The van der Waals surface area contributed by atoms with Crippen molar-refractivity contribution in [1.29, 1.82) is 0 Å². The summed E-state index contributed by atoms with van der Waals surface area (Å²) in [7, 11) is 0. The number of ether oxygens (including phenoxy) is 1. The Morgan fingerprint density at radius 3 is 2.06 bits per heavy atom. The minimum Gasteiger partial charge on any atom is -0.492 e. The van der Waals surface area contributed by atoms with E-state index < -0.39 is 23.6 Å². The summed E-state index contributed by atoms with van der Waals surface area (Å²) in [6.45, 7) is 14.7. The number of hydrogen-bond acceptors (Lipinski definition) is 9. The highest BCUT2D eigenvalue weighted by Gasteiger charge is 2.44. The summed E-state index contributed by atoms with van der Waals surface area (Å²) in [4.78, 5) is 52.7. The van der Waals surface area contributed by atoms with Gasteiger partial charge in [-0.25, -0.2) is 4.98 Å². The maximum atomic E-state index is 14.1. The van der Waals surface area contributed by atoms with E-state index in [-0.39, 0.29) is 30.7 Å². The lowest BCUT2D eigenvalue weighted by atomic mass is 9.85. The summed E-state index contributed by atoms with van der Waals surface area (Å²) in [6.07, 6.45) is 4.18.